The quantitative estimate of drug-likeness (QED) is 0.502. The maximum absolute atomic E-state index is 11.3. The SMILES string of the molecule is CC1(C)CCCC(OC(=O)C2CO2)C1. The summed E-state index contributed by atoms with van der Waals surface area (Å²) in [6.45, 7) is 5.02. The van der Waals surface area contributed by atoms with Crippen molar-refractivity contribution in [2.24, 2.45) is 5.41 Å². The average molecular weight is 198 g/mol. The van der Waals surface area contributed by atoms with Gasteiger partial charge < -0.3 is 9.47 Å². The van der Waals surface area contributed by atoms with Crippen molar-refractivity contribution < 1.29 is 14.3 Å². The van der Waals surface area contributed by atoms with E-state index in [0.29, 0.717) is 12.0 Å². The summed E-state index contributed by atoms with van der Waals surface area (Å²) in [7, 11) is 0. The third kappa shape index (κ3) is 2.47. The van der Waals surface area contributed by atoms with E-state index >= 15 is 0 Å². The molecular formula is C11H18O3. The van der Waals surface area contributed by atoms with Gasteiger partial charge in [0, 0.05) is 0 Å². The molecule has 0 radical (unpaired) electrons. The molecule has 0 N–H and O–H groups in total. The molecule has 2 fully saturated rings. The summed E-state index contributed by atoms with van der Waals surface area (Å²) in [4.78, 5) is 11.3. The fourth-order valence-corrected chi connectivity index (χ4v) is 2.15. The van der Waals surface area contributed by atoms with E-state index < -0.39 is 0 Å². The maximum Gasteiger partial charge on any atom is 0.337 e. The standard InChI is InChI=1S/C11H18O3/c1-11(2)5-3-4-8(6-11)14-10(12)9-7-13-9/h8-9H,3-7H2,1-2H3. The fraction of sp³-hybridized carbons (Fsp3) is 0.909. The minimum Gasteiger partial charge on any atom is -0.460 e. The number of carbonyl (C=O) groups is 1. The van der Waals surface area contributed by atoms with E-state index in [1.54, 1.807) is 0 Å². The average Bonchev–Trinajstić information content (AvgIpc) is 2.83. The lowest BCUT2D eigenvalue weighted by Gasteiger charge is -2.34. The Balaban J connectivity index is 1.82. The van der Waals surface area contributed by atoms with Crippen LogP contribution in [-0.4, -0.2) is 24.8 Å². The van der Waals surface area contributed by atoms with E-state index in [0.717, 1.165) is 19.3 Å². The van der Waals surface area contributed by atoms with E-state index in [2.05, 4.69) is 13.8 Å². The summed E-state index contributed by atoms with van der Waals surface area (Å²) in [5, 5.41) is 0. The zero-order valence-electron chi connectivity index (χ0n) is 8.91. The first-order chi connectivity index (χ1) is 6.57. The Kier molecular flexibility index (Phi) is 2.52. The Morgan fingerprint density at radius 1 is 1.50 bits per heavy atom. The molecule has 1 heterocycles. The summed E-state index contributed by atoms with van der Waals surface area (Å²) in [5.41, 5.74) is 0.327. The molecule has 0 aromatic heterocycles. The van der Waals surface area contributed by atoms with Gasteiger partial charge in [0.05, 0.1) is 6.61 Å². The van der Waals surface area contributed by atoms with Gasteiger partial charge in [0.1, 0.15) is 6.10 Å². The second kappa shape index (κ2) is 3.54. The summed E-state index contributed by atoms with van der Waals surface area (Å²) in [6, 6.07) is 0. The number of rotatable bonds is 2. The molecule has 0 aromatic carbocycles. The topological polar surface area (TPSA) is 38.8 Å². The molecule has 0 bridgehead atoms. The normalized spacial score (nSPS) is 35.0. The molecule has 1 saturated carbocycles. The highest BCUT2D eigenvalue weighted by molar-refractivity contribution is 5.77. The van der Waals surface area contributed by atoms with Crippen molar-refractivity contribution in [2.45, 2.75) is 51.7 Å². The highest BCUT2D eigenvalue weighted by Gasteiger charge is 2.37. The Hall–Kier alpha value is -0.570. The highest BCUT2D eigenvalue weighted by atomic mass is 16.6. The molecule has 1 saturated heterocycles. The number of carbonyl (C=O) groups excluding carboxylic acids is 1. The maximum atomic E-state index is 11.3. The molecule has 0 amide bonds. The molecule has 2 atom stereocenters. The van der Waals surface area contributed by atoms with Crippen LogP contribution in [0.3, 0.4) is 0 Å². The van der Waals surface area contributed by atoms with Crippen LogP contribution in [0.15, 0.2) is 0 Å². The molecule has 2 aliphatic rings. The van der Waals surface area contributed by atoms with Crippen molar-refractivity contribution in [3.05, 3.63) is 0 Å². The lowest BCUT2D eigenvalue weighted by molar-refractivity contribution is -0.153. The van der Waals surface area contributed by atoms with Gasteiger partial charge >= 0.3 is 5.97 Å². The summed E-state index contributed by atoms with van der Waals surface area (Å²) in [6.07, 6.45) is 4.28. The highest BCUT2D eigenvalue weighted by Crippen LogP contribution is 2.36. The van der Waals surface area contributed by atoms with Crippen LogP contribution in [0.4, 0.5) is 0 Å². The van der Waals surface area contributed by atoms with Crippen molar-refractivity contribution in [1.82, 2.24) is 0 Å². The fourth-order valence-electron chi connectivity index (χ4n) is 2.15. The number of hydrogen-bond donors (Lipinski definition) is 0. The van der Waals surface area contributed by atoms with Crippen LogP contribution in [-0.2, 0) is 14.3 Å². The molecule has 2 rings (SSSR count). The molecular weight excluding hydrogens is 180 g/mol. The number of esters is 1. The van der Waals surface area contributed by atoms with E-state index in [4.69, 9.17) is 9.47 Å². The number of epoxide rings is 1. The first kappa shape index (κ1) is 9.97. The molecule has 0 aromatic rings. The van der Waals surface area contributed by atoms with Gasteiger partial charge in [0.2, 0.25) is 0 Å². The molecule has 1 aliphatic carbocycles. The number of hydrogen-bond acceptors (Lipinski definition) is 3. The van der Waals surface area contributed by atoms with Gasteiger partial charge in [-0.05, 0) is 31.1 Å². The Morgan fingerprint density at radius 2 is 2.21 bits per heavy atom. The van der Waals surface area contributed by atoms with Crippen LogP contribution in [0.5, 0.6) is 0 Å². The van der Waals surface area contributed by atoms with Gasteiger partial charge in [-0.25, -0.2) is 4.79 Å². The second-order valence-electron chi connectivity index (χ2n) is 5.14. The van der Waals surface area contributed by atoms with Gasteiger partial charge in [-0.1, -0.05) is 13.8 Å². The smallest absolute Gasteiger partial charge is 0.337 e. The van der Waals surface area contributed by atoms with E-state index in [-0.39, 0.29) is 18.2 Å². The summed E-state index contributed by atoms with van der Waals surface area (Å²) >= 11 is 0. The molecule has 14 heavy (non-hydrogen) atoms. The van der Waals surface area contributed by atoms with Crippen LogP contribution in [0, 0.1) is 5.41 Å². The second-order valence-corrected chi connectivity index (χ2v) is 5.14. The molecule has 2 unspecified atom stereocenters. The van der Waals surface area contributed by atoms with Crippen molar-refractivity contribution in [3.8, 4) is 0 Å². The predicted molar refractivity (Wildman–Crippen MR) is 51.9 cm³/mol. The van der Waals surface area contributed by atoms with E-state index in [1.165, 1.54) is 6.42 Å². The zero-order chi connectivity index (χ0) is 10.2. The molecule has 0 spiro atoms. The van der Waals surface area contributed by atoms with Crippen LogP contribution in [0.2, 0.25) is 0 Å². The molecule has 3 nitrogen and oxygen atoms in total. The van der Waals surface area contributed by atoms with Crippen LogP contribution >= 0.6 is 0 Å². The van der Waals surface area contributed by atoms with Gasteiger partial charge in [-0.15, -0.1) is 0 Å². The third-order valence-electron chi connectivity index (χ3n) is 3.04. The van der Waals surface area contributed by atoms with Crippen LogP contribution in [0.1, 0.15) is 39.5 Å². The zero-order valence-corrected chi connectivity index (χ0v) is 8.91. The van der Waals surface area contributed by atoms with Crippen molar-refractivity contribution in [2.75, 3.05) is 6.61 Å². The summed E-state index contributed by atoms with van der Waals surface area (Å²) < 4.78 is 10.3. The Morgan fingerprint density at radius 3 is 2.79 bits per heavy atom. The monoisotopic (exact) mass is 198 g/mol. The molecule has 1 aliphatic heterocycles. The van der Waals surface area contributed by atoms with Crippen molar-refractivity contribution in [3.63, 3.8) is 0 Å². The number of ether oxygens (including phenoxy) is 2. The van der Waals surface area contributed by atoms with Gasteiger partial charge in [-0.3, -0.25) is 0 Å². The lowest BCUT2D eigenvalue weighted by Crippen LogP contribution is -2.31. The lowest BCUT2D eigenvalue weighted by atomic mass is 9.76. The predicted octanol–water partition coefficient (Wildman–Crippen LogP) is 1.90. The largest absolute Gasteiger partial charge is 0.460 e. The van der Waals surface area contributed by atoms with Crippen molar-refractivity contribution >= 4 is 5.97 Å². The van der Waals surface area contributed by atoms with Crippen molar-refractivity contribution in [1.29, 1.82) is 0 Å². The van der Waals surface area contributed by atoms with Gasteiger partial charge in [0.15, 0.2) is 6.10 Å². The van der Waals surface area contributed by atoms with Gasteiger partial charge in [0.25, 0.3) is 0 Å². The summed E-state index contributed by atoms with van der Waals surface area (Å²) in [5.74, 6) is -0.160. The van der Waals surface area contributed by atoms with Crippen LogP contribution < -0.4 is 0 Å². The van der Waals surface area contributed by atoms with E-state index in [1.807, 2.05) is 0 Å². The Labute approximate surface area is 84.8 Å². The van der Waals surface area contributed by atoms with Crippen LogP contribution in [0.25, 0.3) is 0 Å². The first-order valence-electron chi connectivity index (χ1n) is 5.39. The first-order valence-corrected chi connectivity index (χ1v) is 5.39. The Bertz CT molecular complexity index is 231. The molecule has 3 heteroatoms. The van der Waals surface area contributed by atoms with Gasteiger partial charge in [-0.2, -0.15) is 0 Å². The molecule has 80 valence electrons. The minimum atomic E-state index is -0.250. The minimum absolute atomic E-state index is 0.121. The van der Waals surface area contributed by atoms with E-state index in [9.17, 15) is 4.79 Å². The third-order valence-corrected chi connectivity index (χ3v) is 3.04.